The predicted molar refractivity (Wildman–Crippen MR) is 104 cm³/mol. The normalized spacial score (nSPS) is 24.8. The molecule has 0 saturated carbocycles. The first-order valence-corrected chi connectivity index (χ1v) is 9.82. The number of benzene rings is 1. The number of rotatable bonds is 5. The molecule has 0 bridgehead atoms. The minimum Gasteiger partial charge on any atom is -0.455 e. The van der Waals surface area contributed by atoms with Crippen LogP contribution < -0.4 is 4.74 Å². The zero-order valence-electron chi connectivity index (χ0n) is 16.6. The molecule has 1 aliphatic carbocycles. The smallest absolute Gasteiger partial charge is 0.455 e. The van der Waals surface area contributed by atoms with Crippen molar-refractivity contribution in [3.63, 3.8) is 0 Å². The molecule has 2 heterocycles. The molecule has 166 valence electrons. The van der Waals surface area contributed by atoms with Gasteiger partial charge in [0.1, 0.15) is 17.9 Å². The summed E-state index contributed by atoms with van der Waals surface area (Å²) in [5, 5.41) is 0. The minimum absolute atomic E-state index is 0.0814. The van der Waals surface area contributed by atoms with E-state index in [0.29, 0.717) is 25.5 Å². The van der Waals surface area contributed by atoms with Crippen LogP contribution in [0.4, 0.5) is 17.6 Å². The maximum absolute atomic E-state index is 13.4. The zero-order chi connectivity index (χ0) is 22.2. The number of carbonyl (C=O) groups excluding carboxylic acids is 1. The Labute approximate surface area is 176 Å². The van der Waals surface area contributed by atoms with Gasteiger partial charge in [0.2, 0.25) is 0 Å². The second-order valence-electron chi connectivity index (χ2n) is 7.52. The lowest BCUT2D eigenvalue weighted by Crippen LogP contribution is -2.41. The van der Waals surface area contributed by atoms with Crippen LogP contribution in [0.15, 0.2) is 53.6 Å². The standard InChI is InChI=1S/C21H21F4N3O3/c1-27(20-26-15-7-3-5-9-17(15)30-20)13-10-11-28(12-13)18(29)14-6-2-4-8-16(14)31-21(24,25)19(22)23/h2-9,13,15,17,19H,10-12H2,1H3/t13-,15?,17?/m1/s1. The van der Waals surface area contributed by atoms with Gasteiger partial charge in [-0.3, -0.25) is 4.79 Å². The Kier molecular flexibility index (Phi) is 5.63. The Morgan fingerprint density at radius 2 is 2.03 bits per heavy atom. The van der Waals surface area contributed by atoms with Gasteiger partial charge in [-0.2, -0.15) is 17.6 Å². The molecular weight excluding hydrogens is 418 g/mol. The number of ether oxygens (including phenoxy) is 2. The number of hydrogen-bond donors (Lipinski definition) is 0. The van der Waals surface area contributed by atoms with Crippen LogP contribution >= 0.6 is 0 Å². The highest BCUT2D eigenvalue weighted by Crippen LogP contribution is 2.31. The molecular formula is C21H21F4N3O3. The Morgan fingerprint density at radius 1 is 1.29 bits per heavy atom. The lowest BCUT2D eigenvalue weighted by Gasteiger charge is -2.26. The van der Waals surface area contributed by atoms with Crippen molar-refractivity contribution in [2.24, 2.45) is 4.99 Å². The number of allylic oxidation sites excluding steroid dienone is 2. The number of alkyl halides is 4. The van der Waals surface area contributed by atoms with Gasteiger partial charge in [-0.1, -0.05) is 30.4 Å². The van der Waals surface area contributed by atoms with E-state index in [1.54, 1.807) is 0 Å². The largest absolute Gasteiger partial charge is 0.461 e. The van der Waals surface area contributed by atoms with Crippen molar-refractivity contribution >= 4 is 11.9 Å². The molecule has 0 aromatic heterocycles. The Bertz CT molecular complexity index is 934. The second-order valence-corrected chi connectivity index (χ2v) is 7.52. The SMILES string of the molecule is CN(C1=NC2C=CC=CC2O1)[C@@H]1CCN(C(=O)c2ccccc2OC(F)(F)C(F)F)C1. The van der Waals surface area contributed by atoms with Gasteiger partial charge in [0.25, 0.3) is 11.9 Å². The number of amidine groups is 1. The number of hydrogen-bond acceptors (Lipinski definition) is 5. The number of likely N-dealkylation sites (tertiary alicyclic amines) is 1. The fourth-order valence-electron chi connectivity index (χ4n) is 3.75. The lowest BCUT2D eigenvalue weighted by molar-refractivity contribution is -0.253. The summed E-state index contributed by atoms with van der Waals surface area (Å²) < 4.78 is 61.9. The average Bonchev–Trinajstić information content (AvgIpc) is 3.40. The lowest BCUT2D eigenvalue weighted by atomic mass is 10.1. The summed E-state index contributed by atoms with van der Waals surface area (Å²) in [6.45, 7) is 0.672. The van der Waals surface area contributed by atoms with Crippen molar-refractivity contribution in [1.82, 2.24) is 9.80 Å². The zero-order valence-corrected chi connectivity index (χ0v) is 16.6. The van der Waals surface area contributed by atoms with Crippen LogP contribution in [0.2, 0.25) is 0 Å². The summed E-state index contributed by atoms with van der Waals surface area (Å²) in [7, 11) is 1.82. The van der Waals surface area contributed by atoms with E-state index in [1.165, 1.54) is 23.1 Å². The van der Waals surface area contributed by atoms with Crippen molar-refractivity contribution in [3.8, 4) is 5.75 Å². The monoisotopic (exact) mass is 439 g/mol. The molecule has 1 aromatic carbocycles. The molecule has 4 rings (SSSR count). The maximum atomic E-state index is 13.4. The van der Waals surface area contributed by atoms with E-state index in [4.69, 9.17) is 4.74 Å². The summed E-state index contributed by atoms with van der Waals surface area (Å²) in [5.74, 6) is -1.15. The maximum Gasteiger partial charge on any atom is 0.461 e. The third kappa shape index (κ3) is 4.24. The van der Waals surface area contributed by atoms with Crippen molar-refractivity contribution in [2.45, 2.75) is 37.1 Å². The number of para-hydroxylation sites is 1. The molecule has 2 aliphatic heterocycles. The number of aliphatic imine (C=N–C) groups is 1. The molecule has 1 aromatic rings. The molecule has 0 N–H and O–H groups in total. The molecule has 3 atom stereocenters. The average molecular weight is 439 g/mol. The summed E-state index contributed by atoms with van der Waals surface area (Å²) in [6.07, 6.45) is -0.572. The van der Waals surface area contributed by atoms with E-state index in [1.807, 2.05) is 36.3 Å². The fourth-order valence-corrected chi connectivity index (χ4v) is 3.75. The van der Waals surface area contributed by atoms with Gasteiger partial charge in [-0.05, 0) is 24.6 Å². The number of likely N-dealkylation sites (N-methyl/N-ethyl adjacent to an activating group) is 1. The molecule has 1 saturated heterocycles. The second kappa shape index (κ2) is 8.24. The third-order valence-corrected chi connectivity index (χ3v) is 5.48. The molecule has 0 radical (unpaired) electrons. The molecule has 2 unspecified atom stereocenters. The van der Waals surface area contributed by atoms with E-state index in [0.717, 1.165) is 6.07 Å². The molecule has 1 fully saturated rings. The van der Waals surface area contributed by atoms with E-state index in [2.05, 4.69) is 9.73 Å². The van der Waals surface area contributed by atoms with E-state index in [9.17, 15) is 22.4 Å². The predicted octanol–water partition coefficient (Wildman–Crippen LogP) is 3.32. The van der Waals surface area contributed by atoms with Gasteiger partial charge in [-0.25, -0.2) is 4.99 Å². The van der Waals surface area contributed by atoms with Gasteiger partial charge in [0.15, 0.2) is 0 Å². The van der Waals surface area contributed by atoms with E-state index >= 15 is 0 Å². The summed E-state index contributed by atoms with van der Waals surface area (Å²) in [6, 6.07) is 5.46. The van der Waals surface area contributed by atoms with Gasteiger partial charge < -0.3 is 19.3 Å². The van der Waals surface area contributed by atoms with Crippen molar-refractivity contribution in [3.05, 3.63) is 54.1 Å². The van der Waals surface area contributed by atoms with Crippen molar-refractivity contribution < 1.29 is 31.8 Å². The van der Waals surface area contributed by atoms with Crippen molar-refractivity contribution in [2.75, 3.05) is 20.1 Å². The number of carbonyl (C=O) groups is 1. The summed E-state index contributed by atoms with van der Waals surface area (Å²) >= 11 is 0. The number of fused-ring (bicyclic) bond motifs is 1. The fraction of sp³-hybridized carbons (Fsp3) is 0.429. The third-order valence-electron chi connectivity index (χ3n) is 5.48. The van der Waals surface area contributed by atoms with Crippen LogP contribution in [0.1, 0.15) is 16.8 Å². The Balaban J connectivity index is 1.44. The number of halogens is 4. The molecule has 3 aliphatic rings. The highest BCUT2D eigenvalue weighted by molar-refractivity contribution is 5.97. The topological polar surface area (TPSA) is 54.4 Å². The quantitative estimate of drug-likeness (QED) is 0.661. The van der Waals surface area contributed by atoms with Gasteiger partial charge in [0.05, 0.1) is 11.6 Å². The molecule has 31 heavy (non-hydrogen) atoms. The molecule has 1 amide bonds. The summed E-state index contributed by atoms with van der Waals surface area (Å²) in [5.41, 5.74) is -0.193. The first-order valence-electron chi connectivity index (χ1n) is 9.82. The van der Waals surface area contributed by atoms with Crippen LogP contribution in [0.3, 0.4) is 0 Å². The van der Waals surface area contributed by atoms with Crippen LogP contribution in [-0.4, -0.2) is 72.6 Å². The minimum atomic E-state index is -4.69. The highest BCUT2D eigenvalue weighted by Gasteiger charge is 2.45. The Morgan fingerprint density at radius 3 is 2.77 bits per heavy atom. The number of nitrogens with zero attached hydrogens (tertiary/aromatic N) is 3. The van der Waals surface area contributed by atoms with E-state index < -0.39 is 24.2 Å². The molecule has 10 heteroatoms. The van der Waals surface area contributed by atoms with Crippen LogP contribution in [0.5, 0.6) is 5.75 Å². The van der Waals surface area contributed by atoms with Gasteiger partial charge in [-0.15, -0.1) is 0 Å². The van der Waals surface area contributed by atoms with Gasteiger partial charge >= 0.3 is 12.5 Å². The summed E-state index contributed by atoms with van der Waals surface area (Å²) in [4.78, 5) is 20.8. The molecule has 0 spiro atoms. The molecule has 6 nitrogen and oxygen atoms in total. The van der Waals surface area contributed by atoms with Crippen LogP contribution in [-0.2, 0) is 4.74 Å². The van der Waals surface area contributed by atoms with Crippen molar-refractivity contribution in [1.29, 1.82) is 0 Å². The van der Waals surface area contributed by atoms with E-state index in [-0.39, 0.29) is 23.8 Å². The first-order chi connectivity index (χ1) is 14.8. The van der Waals surface area contributed by atoms with Crippen LogP contribution in [0, 0.1) is 0 Å². The highest BCUT2D eigenvalue weighted by atomic mass is 19.3. The van der Waals surface area contributed by atoms with Gasteiger partial charge in [0, 0.05) is 20.1 Å². The Hall–Kier alpha value is -3.04. The van der Waals surface area contributed by atoms with Crippen LogP contribution in [0.25, 0.3) is 0 Å². The first kappa shape index (κ1) is 21.2. The number of amides is 1.